The van der Waals surface area contributed by atoms with Gasteiger partial charge in [-0.3, -0.25) is 0 Å². The first-order valence-electron chi connectivity index (χ1n) is 16.5. The second kappa shape index (κ2) is 17.0. The normalized spacial score (nSPS) is 23.9. The van der Waals surface area contributed by atoms with Gasteiger partial charge in [0, 0.05) is 0 Å². The highest BCUT2D eigenvalue weighted by Gasteiger charge is 2.51. The molecule has 1 saturated carbocycles. The summed E-state index contributed by atoms with van der Waals surface area (Å²) < 4.78 is 44.5. The molecule has 0 aromatic heterocycles. The zero-order valence-corrected chi connectivity index (χ0v) is 27.3. The third-order valence-electron chi connectivity index (χ3n) is 8.06. The number of carbonyl (C=O) groups is 1. The first kappa shape index (κ1) is 34.1. The number of benzene rings is 3. The fraction of sp³-hybridized carbons (Fsp3) is 0.500. The minimum Gasteiger partial charge on any atom is -0.429 e. The minimum absolute atomic E-state index is 0.0329. The van der Waals surface area contributed by atoms with Gasteiger partial charge in [0.05, 0.1) is 32.5 Å². The van der Waals surface area contributed by atoms with Crippen molar-refractivity contribution in [2.24, 2.45) is 0 Å². The quantitative estimate of drug-likeness (QED) is 0.177. The molecule has 3 aromatic rings. The van der Waals surface area contributed by atoms with Crippen molar-refractivity contribution in [2.75, 3.05) is 6.61 Å². The predicted molar refractivity (Wildman–Crippen MR) is 174 cm³/mol. The van der Waals surface area contributed by atoms with Crippen molar-refractivity contribution in [3.63, 3.8) is 0 Å². The van der Waals surface area contributed by atoms with Gasteiger partial charge in [-0.1, -0.05) is 110 Å². The number of ether oxygens (including phenoxy) is 7. The monoisotopic (exact) mass is 632 g/mol. The van der Waals surface area contributed by atoms with Crippen LogP contribution in [0.25, 0.3) is 0 Å². The van der Waals surface area contributed by atoms with Crippen molar-refractivity contribution >= 4 is 6.16 Å². The van der Waals surface area contributed by atoms with Gasteiger partial charge >= 0.3 is 6.16 Å². The Balaban J connectivity index is 1.45. The Kier molecular flexibility index (Phi) is 12.6. The van der Waals surface area contributed by atoms with Gasteiger partial charge < -0.3 is 33.2 Å². The van der Waals surface area contributed by atoms with Crippen LogP contribution < -0.4 is 0 Å². The number of hydrogen-bond donors (Lipinski definition) is 0. The Bertz CT molecular complexity index is 1290. The molecule has 46 heavy (non-hydrogen) atoms. The standard InChI is InChI=1S/C38H48O8/c1-38(2,3)46-37(39)45-33-32(27-40-24-28-16-8-4-9-17-28)44-36(43-31-22-14-7-15-23-31)35(42-26-30-20-12-6-13-21-30)34(33)41-25-29-18-10-5-11-19-29/h4-6,8-13,16-21,31-36H,7,14-15,22-27H2,1-3H3/t32-,33+,34+,35-,36+/m1/s1. The maximum absolute atomic E-state index is 13.2. The van der Waals surface area contributed by atoms with E-state index in [0.29, 0.717) is 13.2 Å². The molecule has 8 nitrogen and oxygen atoms in total. The van der Waals surface area contributed by atoms with Crippen molar-refractivity contribution in [3.8, 4) is 0 Å². The Morgan fingerprint density at radius 2 is 1.22 bits per heavy atom. The molecule has 2 aliphatic rings. The molecule has 1 saturated heterocycles. The van der Waals surface area contributed by atoms with Crippen LogP contribution in [0.2, 0.25) is 0 Å². The largest absolute Gasteiger partial charge is 0.509 e. The van der Waals surface area contributed by atoms with Gasteiger partial charge in [-0.25, -0.2) is 4.79 Å². The summed E-state index contributed by atoms with van der Waals surface area (Å²) in [4.78, 5) is 13.2. The maximum atomic E-state index is 13.2. The second-order valence-corrected chi connectivity index (χ2v) is 13.0. The molecule has 248 valence electrons. The highest BCUT2D eigenvalue weighted by atomic mass is 16.8. The van der Waals surface area contributed by atoms with E-state index in [2.05, 4.69) is 0 Å². The van der Waals surface area contributed by atoms with E-state index in [0.717, 1.165) is 42.4 Å². The number of carbonyl (C=O) groups excluding carboxylic acids is 1. The van der Waals surface area contributed by atoms with Crippen LogP contribution in [0, 0.1) is 0 Å². The first-order chi connectivity index (χ1) is 22.3. The summed E-state index contributed by atoms with van der Waals surface area (Å²) in [5.41, 5.74) is 2.26. The molecule has 1 heterocycles. The summed E-state index contributed by atoms with van der Waals surface area (Å²) in [5, 5.41) is 0. The summed E-state index contributed by atoms with van der Waals surface area (Å²) in [6, 6.07) is 29.8. The zero-order valence-electron chi connectivity index (χ0n) is 27.3. The molecule has 0 radical (unpaired) electrons. The molecule has 0 bridgehead atoms. The van der Waals surface area contributed by atoms with Crippen LogP contribution in [0.5, 0.6) is 0 Å². The molecule has 0 spiro atoms. The Labute approximate surface area is 273 Å². The molecule has 5 rings (SSSR count). The molecule has 1 aliphatic carbocycles. The molecular weight excluding hydrogens is 584 g/mol. The van der Waals surface area contributed by atoms with Gasteiger partial charge in [-0.15, -0.1) is 0 Å². The molecule has 0 amide bonds. The van der Waals surface area contributed by atoms with Crippen LogP contribution in [0.15, 0.2) is 91.0 Å². The van der Waals surface area contributed by atoms with E-state index in [1.54, 1.807) is 20.8 Å². The molecule has 0 N–H and O–H groups in total. The average Bonchev–Trinajstić information content (AvgIpc) is 3.05. The lowest BCUT2D eigenvalue weighted by molar-refractivity contribution is -0.332. The molecule has 3 aromatic carbocycles. The van der Waals surface area contributed by atoms with E-state index in [1.807, 2.05) is 91.0 Å². The third-order valence-corrected chi connectivity index (χ3v) is 8.06. The summed E-state index contributed by atoms with van der Waals surface area (Å²) in [7, 11) is 0. The first-order valence-corrected chi connectivity index (χ1v) is 16.5. The van der Waals surface area contributed by atoms with Crippen LogP contribution >= 0.6 is 0 Å². The fourth-order valence-corrected chi connectivity index (χ4v) is 5.81. The minimum atomic E-state index is -0.902. The third kappa shape index (κ3) is 10.6. The number of rotatable bonds is 13. The Morgan fingerprint density at radius 1 is 0.696 bits per heavy atom. The van der Waals surface area contributed by atoms with Crippen LogP contribution in [-0.2, 0) is 53.0 Å². The molecule has 8 heteroatoms. The topological polar surface area (TPSA) is 81.7 Å². The maximum Gasteiger partial charge on any atom is 0.509 e. The van der Waals surface area contributed by atoms with E-state index in [-0.39, 0.29) is 19.3 Å². The van der Waals surface area contributed by atoms with Crippen molar-refractivity contribution in [1.82, 2.24) is 0 Å². The van der Waals surface area contributed by atoms with E-state index in [4.69, 9.17) is 33.2 Å². The lowest BCUT2D eigenvalue weighted by atomic mass is 9.96. The van der Waals surface area contributed by atoms with E-state index >= 15 is 0 Å². The van der Waals surface area contributed by atoms with Crippen LogP contribution in [0.3, 0.4) is 0 Å². The van der Waals surface area contributed by atoms with Crippen LogP contribution in [-0.4, -0.2) is 55.2 Å². The zero-order chi connectivity index (χ0) is 32.2. The summed E-state index contributed by atoms with van der Waals surface area (Å²) in [6.45, 7) is 6.50. The second-order valence-electron chi connectivity index (χ2n) is 13.0. The van der Waals surface area contributed by atoms with Crippen molar-refractivity contribution in [1.29, 1.82) is 0 Å². The highest BCUT2D eigenvalue weighted by molar-refractivity contribution is 5.61. The Hall–Kier alpha value is -3.27. The Morgan fingerprint density at radius 3 is 1.76 bits per heavy atom. The molecule has 2 fully saturated rings. The summed E-state index contributed by atoms with van der Waals surface area (Å²) >= 11 is 0. The van der Waals surface area contributed by atoms with Gasteiger partial charge in [-0.2, -0.15) is 0 Å². The van der Waals surface area contributed by atoms with Crippen LogP contribution in [0.4, 0.5) is 4.79 Å². The van der Waals surface area contributed by atoms with Crippen molar-refractivity contribution < 1.29 is 38.0 Å². The lowest BCUT2D eigenvalue weighted by Crippen LogP contribution is -2.62. The van der Waals surface area contributed by atoms with E-state index < -0.39 is 42.5 Å². The lowest BCUT2D eigenvalue weighted by Gasteiger charge is -2.46. The summed E-state index contributed by atoms with van der Waals surface area (Å²) in [5.74, 6) is 0. The highest BCUT2D eigenvalue weighted by Crippen LogP contribution is 2.34. The summed E-state index contributed by atoms with van der Waals surface area (Å²) in [6.07, 6.45) is 0.712. The van der Waals surface area contributed by atoms with Gasteiger partial charge in [0.1, 0.15) is 23.9 Å². The smallest absolute Gasteiger partial charge is 0.429 e. The molecule has 5 atom stereocenters. The fourth-order valence-electron chi connectivity index (χ4n) is 5.81. The van der Waals surface area contributed by atoms with Crippen LogP contribution in [0.1, 0.15) is 69.6 Å². The number of hydrogen-bond acceptors (Lipinski definition) is 8. The molecule has 0 unspecified atom stereocenters. The SMILES string of the molecule is CC(C)(C)OC(=O)O[C@@H]1[C@H](OCc2ccccc2)[C@@H](OCc2ccccc2)[C@@H](OC2CCCCC2)O[C@@H]1COCc1ccccc1. The molecule has 1 aliphatic heterocycles. The van der Waals surface area contributed by atoms with Gasteiger partial charge in [0.15, 0.2) is 12.4 Å². The van der Waals surface area contributed by atoms with Crippen molar-refractivity contribution in [2.45, 2.75) is 115 Å². The van der Waals surface area contributed by atoms with Gasteiger partial charge in [0.25, 0.3) is 0 Å². The van der Waals surface area contributed by atoms with E-state index in [9.17, 15) is 4.79 Å². The van der Waals surface area contributed by atoms with E-state index in [1.165, 1.54) is 6.42 Å². The van der Waals surface area contributed by atoms with Crippen molar-refractivity contribution in [3.05, 3.63) is 108 Å². The molecular formula is C38H48O8. The van der Waals surface area contributed by atoms with Gasteiger partial charge in [0.2, 0.25) is 0 Å². The average molecular weight is 633 g/mol. The predicted octanol–water partition coefficient (Wildman–Crippen LogP) is 7.77. The van der Waals surface area contributed by atoms with Gasteiger partial charge in [-0.05, 0) is 50.3 Å².